The highest BCUT2D eigenvalue weighted by atomic mass is 79.9. The van der Waals surface area contributed by atoms with Crippen LogP contribution in [-0.2, 0) is 0 Å². The summed E-state index contributed by atoms with van der Waals surface area (Å²) in [5.41, 5.74) is 5.37. The molecule has 0 aliphatic rings. The minimum Gasteiger partial charge on any atom is -0.387 e. The van der Waals surface area contributed by atoms with Crippen LogP contribution < -0.4 is 5.73 Å². The minimum absolute atomic E-state index is 0.102. The van der Waals surface area contributed by atoms with Crippen LogP contribution in [0.5, 0.6) is 0 Å². The van der Waals surface area contributed by atoms with Crippen LogP contribution >= 0.6 is 27.7 Å². The number of halogens is 1. The Morgan fingerprint density at radius 2 is 2.43 bits per heavy atom. The monoisotopic (exact) mass is 273 g/mol. The van der Waals surface area contributed by atoms with Gasteiger partial charge in [0, 0.05) is 22.3 Å². The Hall–Kier alpha value is -0.550. The molecule has 76 valence electrons. The van der Waals surface area contributed by atoms with E-state index in [9.17, 15) is 0 Å². The first-order valence-electron chi connectivity index (χ1n) is 4.18. The minimum atomic E-state index is 0.102. The van der Waals surface area contributed by atoms with Gasteiger partial charge in [0.05, 0.1) is 10.9 Å². The van der Waals surface area contributed by atoms with E-state index in [2.05, 4.69) is 20.9 Å². The van der Waals surface area contributed by atoms with Crippen molar-refractivity contribution in [2.24, 2.45) is 11.7 Å². The fourth-order valence-electron chi connectivity index (χ4n) is 0.748. The standard InChI is InChI=1S/C9H12BrN3S/c1-6(9(11)12)5-14-8-3-2-7(10)4-13-8/h2-4,6H,5H2,1H3,(H3,11,12). The third kappa shape index (κ3) is 3.67. The lowest BCUT2D eigenvalue weighted by atomic mass is 10.2. The summed E-state index contributed by atoms with van der Waals surface area (Å²) in [6.07, 6.45) is 1.76. The highest BCUT2D eigenvalue weighted by Gasteiger charge is 2.06. The summed E-state index contributed by atoms with van der Waals surface area (Å²) in [5.74, 6) is 1.13. The Labute approximate surface area is 96.1 Å². The number of rotatable bonds is 4. The molecule has 3 nitrogen and oxygen atoms in total. The molecular weight excluding hydrogens is 262 g/mol. The first-order chi connectivity index (χ1) is 6.59. The van der Waals surface area contributed by atoms with Crippen molar-refractivity contribution in [1.29, 1.82) is 5.41 Å². The molecule has 0 aliphatic carbocycles. The van der Waals surface area contributed by atoms with Gasteiger partial charge >= 0.3 is 0 Å². The van der Waals surface area contributed by atoms with Gasteiger partial charge in [-0.25, -0.2) is 4.98 Å². The van der Waals surface area contributed by atoms with Crippen LogP contribution in [0.4, 0.5) is 0 Å². The van der Waals surface area contributed by atoms with E-state index in [0.717, 1.165) is 15.3 Å². The first-order valence-corrected chi connectivity index (χ1v) is 5.95. The summed E-state index contributed by atoms with van der Waals surface area (Å²) in [6, 6.07) is 3.90. The van der Waals surface area contributed by atoms with Gasteiger partial charge in [-0.3, -0.25) is 5.41 Å². The van der Waals surface area contributed by atoms with Crippen LogP contribution in [0.25, 0.3) is 0 Å². The molecule has 0 bridgehead atoms. The van der Waals surface area contributed by atoms with E-state index in [1.54, 1.807) is 18.0 Å². The highest BCUT2D eigenvalue weighted by Crippen LogP contribution is 2.19. The van der Waals surface area contributed by atoms with E-state index in [-0.39, 0.29) is 11.8 Å². The van der Waals surface area contributed by atoms with Gasteiger partial charge in [0.15, 0.2) is 0 Å². The lowest BCUT2D eigenvalue weighted by molar-refractivity contribution is 0.877. The molecule has 1 heterocycles. The Morgan fingerprint density at radius 3 is 2.93 bits per heavy atom. The number of thioether (sulfide) groups is 1. The topological polar surface area (TPSA) is 62.8 Å². The molecule has 3 N–H and O–H groups in total. The molecular formula is C9H12BrN3S. The van der Waals surface area contributed by atoms with Crippen LogP contribution in [0.2, 0.25) is 0 Å². The van der Waals surface area contributed by atoms with E-state index >= 15 is 0 Å². The second kappa shape index (κ2) is 5.36. The Kier molecular flexibility index (Phi) is 4.41. The Morgan fingerprint density at radius 1 is 1.71 bits per heavy atom. The molecule has 0 aromatic carbocycles. The number of amidine groups is 1. The van der Waals surface area contributed by atoms with E-state index in [1.165, 1.54) is 0 Å². The van der Waals surface area contributed by atoms with Crippen molar-refractivity contribution in [3.8, 4) is 0 Å². The Bertz CT molecular complexity index is 312. The largest absolute Gasteiger partial charge is 0.387 e. The summed E-state index contributed by atoms with van der Waals surface area (Å²) in [7, 11) is 0. The van der Waals surface area contributed by atoms with E-state index < -0.39 is 0 Å². The van der Waals surface area contributed by atoms with Crippen molar-refractivity contribution in [2.45, 2.75) is 11.9 Å². The summed E-state index contributed by atoms with van der Waals surface area (Å²) in [5, 5.41) is 8.20. The molecule has 0 spiro atoms. The summed E-state index contributed by atoms with van der Waals surface area (Å²) in [6.45, 7) is 1.94. The van der Waals surface area contributed by atoms with Crippen molar-refractivity contribution < 1.29 is 0 Å². The zero-order valence-corrected chi connectivity index (χ0v) is 10.2. The maximum atomic E-state index is 7.24. The van der Waals surface area contributed by atoms with Crippen molar-refractivity contribution >= 4 is 33.5 Å². The average Bonchev–Trinajstić information content (AvgIpc) is 2.16. The van der Waals surface area contributed by atoms with E-state index in [1.807, 2.05) is 19.1 Å². The number of hydrogen-bond acceptors (Lipinski definition) is 3. The predicted octanol–water partition coefficient (Wildman–Crippen LogP) is 2.51. The lowest BCUT2D eigenvalue weighted by Gasteiger charge is -2.07. The quantitative estimate of drug-likeness (QED) is 0.504. The highest BCUT2D eigenvalue weighted by molar-refractivity contribution is 9.10. The summed E-state index contributed by atoms with van der Waals surface area (Å²) in [4.78, 5) is 4.21. The molecule has 1 aromatic rings. The number of nitrogens with zero attached hydrogens (tertiary/aromatic N) is 1. The zero-order chi connectivity index (χ0) is 10.6. The third-order valence-electron chi connectivity index (χ3n) is 1.71. The fraction of sp³-hybridized carbons (Fsp3) is 0.333. The maximum Gasteiger partial charge on any atom is 0.0960 e. The van der Waals surface area contributed by atoms with Crippen LogP contribution in [0.3, 0.4) is 0 Å². The van der Waals surface area contributed by atoms with Gasteiger partial charge < -0.3 is 5.73 Å². The van der Waals surface area contributed by atoms with Gasteiger partial charge in [0.1, 0.15) is 0 Å². The fourth-order valence-corrected chi connectivity index (χ4v) is 1.87. The summed E-state index contributed by atoms with van der Waals surface area (Å²) >= 11 is 4.94. The smallest absolute Gasteiger partial charge is 0.0960 e. The normalized spacial score (nSPS) is 12.4. The number of nitrogens with two attached hydrogens (primary N) is 1. The van der Waals surface area contributed by atoms with Crippen molar-refractivity contribution in [2.75, 3.05) is 5.75 Å². The van der Waals surface area contributed by atoms with Gasteiger partial charge in [-0.15, -0.1) is 11.8 Å². The average molecular weight is 274 g/mol. The van der Waals surface area contributed by atoms with Gasteiger partial charge in [-0.05, 0) is 28.1 Å². The zero-order valence-electron chi connectivity index (χ0n) is 7.83. The molecule has 0 saturated heterocycles. The number of hydrogen-bond donors (Lipinski definition) is 2. The van der Waals surface area contributed by atoms with Crippen molar-refractivity contribution in [1.82, 2.24) is 4.98 Å². The van der Waals surface area contributed by atoms with Gasteiger partial charge in [-0.1, -0.05) is 6.92 Å². The number of nitrogens with one attached hydrogen (secondary N) is 1. The SMILES string of the molecule is CC(CSc1ccc(Br)cn1)C(=N)N. The van der Waals surface area contributed by atoms with Gasteiger partial charge in [0.2, 0.25) is 0 Å². The van der Waals surface area contributed by atoms with E-state index in [4.69, 9.17) is 11.1 Å². The van der Waals surface area contributed by atoms with Crippen molar-refractivity contribution in [3.05, 3.63) is 22.8 Å². The lowest BCUT2D eigenvalue weighted by Crippen LogP contribution is -2.21. The second-order valence-corrected chi connectivity index (χ2v) is 4.94. The molecule has 0 fully saturated rings. The van der Waals surface area contributed by atoms with Crippen LogP contribution in [-0.4, -0.2) is 16.6 Å². The molecule has 1 unspecified atom stereocenters. The molecule has 0 aliphatic heterocycles. The molecule has 0 saturated carbocycles. The molecule has 1 atom stereocenters. The predicted molar refractivity (Wildman–Crippen MR) is 63.7 cm³/mol. The molecule has 1 aromatic heterocycles. The van der Waals surface area contributed by atoms with Crippen molar-refractivity contribution in [3.63, 3.8) is 0 Å². The molecule has 0 radical (unpaired) electrons. The number of pyridine rings is 1. The van der Waals surface area contributed by atoms with Crippen LogP contribution in [0.1, 0.15) is 6.92 Å². The molecule has 1 rings (SSSR count). The molecule has 5 heteroatoms. The number of aromatic nitrogens is 1. The third-order valence-corrected chi connectivity index (χ3v) is 3.39. The van der Waals surface area contributed by atoms with Gasteiger partial charge in [-0.2, -0.15) is 0 Å². The summed E-state index contributed by atoms with van der Waals surface area (Å²) < 4.78 is 0.974. The Balaban J connectivity index is 2.46. The van der Waals surface area contributed by atoms with Gasteiger partial charge in [0.25, 0.3) is 0 Å². The van der Waals surface area contributed by atoms with Crippen LogP contribution in [0, 0.1) is 11.3 Å². The molecule has 0 amide bonds. The first kappa shape index (κ1) is 11.5. The second-order valence-electron chi connectivity index (χ2n) is 2.98. The van der Waals surface area contributed by atoms with E-state index in [0.29, 0.717) is 0 Å². The maximum absolute atomic E-state index is 7.24. The molecule has 14 heavy (non-hydrogen) atoms. The van der Waals surface area contributed by atoms with Crippen LogP contribution in [0.15, 0.2) is 27.8 Å².